The zero-order chi connectivity index (χ0) is 14.7. The third-order valence-electron chi connectivity index (χ3n) is 2.13. The van der Waals surface area contributed by atoms with Crippen molar-refractivity contribution in [3.63, 3.8) is 0 Å². The van der Waals surface area contributed by atoms with Crippen molar-refractivity contribution in [2.45, 2.75) is 20.3 Å². The minimum Gasteiger partial charge on any atom is -0.271 e. The standard InChI is InChI=1S/C13H22N2O4/c1-5-12(16)14(18-7-3)10-9-11-15(19-8-4)13(17)6-2/h5-6H,1-2,7-11H2,3-4H3. The van der Waals surface area contributed by atoms with E-state index in [2.05, 4.69) is 13.2 Å². The van der Waals surface area contributed by atoms with Gasteiger partial charge in [-0.05, 0) is 32.4 Å². The van der Waals surface area contributed by atoms with E-state index < -0.39 is 0 Å². The molecule has 0 saturated heterocycles. The van der Waals surface area contributed by atoms with E-state index in [9.17, 15) is 9.59 Å². The van der Waals surface area contributed by atoms with Crippen molar-refractivity contribution < 1.29 is 19.3 Å². The Bertz CT molecular complexity index is 288. The Labute approximate surface area is 114 Å². The molecule has 6 nitrogen and oxygen atoms in total. The van der Waals surface area contributed by atoms with E-state index in [1.165, 1.54) is 22.3 Å². The van der Waals surface area contributed by atoms with E-state index in [1.54, 1.807) is 13.8 Å². The van der Waals surface area contributed by atoms with E-state index >= 15 is 0 Å². The molecule has 0 bridgehead atoms. The summed E-state index contributed by atoms with van der Waals surface area (Å²) < 4.78 is 0. The molecule has 0 aliphatic heterocycles. The molecule has 0 unspecified atom stereocenters. The molecule has 0 saturated carbocycles. The van der Waals surface area contributed by atoms with Gasteiger partial charge in [0.1, 0.15) is 0 Å². The highest BCUT2D eigenvalue weighted by atomic mass is 16.7. The second-order valence-electron chi connectivity index (χ2n) is 3.48. The number of hydrogen-bond acceptors (Lipinski definition) is 4. The van der Waals surface area contributed by atoms with Crippen molar-refractivity contribution in [3.8, 4) is 0 Å². The van der Waals surface area contributed by atoms with Crippen LogP contribution in [-0.4, -0.2) is 48.2 Å². The second-order valence-corrected chi connectivity index (χ2v) is 3.48. The summed E-state index contributed by atoms with van der Waals surface area (Å²) in [5.41, 5.74) is 0. The maximum atomic E-state index is 11.4. The Hall–Kier alpha value is -1.66. The Balaban J connectivity index is 4.27. The average Bonchev–Trinajstić information content (AvgIpc) is 2.43. The lowest BCUT2D eigenvalue weighted by molar-refractivity contribution is -0.188. The smallest absolute Gasteiger partial charge is 0.269 e. The van der Waals surface area contributed by atoms with Crippen LogP contribution >= 0.6 is 0 Å². The molecule has 0 heterocycles. The SMILES string of the molecule is C=CC(=O)N(CCCN(OCC)C(=O)C=C)OCC. The molecule has 0 spiro atoms. The van der Waals surface area contributed by atoms with Crippen molar-refractivity contribution in [2.24, 2.45) is 0 Å². The van der Waals surface area contributed by atoms with Crippen molar-refractivity contribution in [3.05, 3.63) is 25.3 Å². The minimum atomic E-state index is -0.306. The van der Waals surface area contributed by atoms with Crippen LogP contribution in [0.5, 0.6) is 0 Å². The lowest BCUT2D eigenvalue weighted by Gasteiger charge is -2.23. The molecule has 0 aliphatic carbocycles. The van der Waals surface area contributed by atoms with Gasteiger partial charge < -0.3 is 0 Å². The fraction of sp³-hybridized carbons (Fsp3) is 0.538. The summed E-state index contributed by atoms with van der Waals surface area (Å²) in [6.07, 6.45) is 2.90. The molecule has 6 heteroatoms. The molecule has 0 fully saturated rings. The molecule has 108 valence electrons. The van der Waals surface area contributed by atoms with E-state index in [0.29, 0.717) is 32.7 Å². The number of hydrogen-bond donors (Lipinski definition) is 0. The topological polar surface area (TPSA) is 59.1 Å². The van der Waals surface area contributed by atoms with Crippen molar-refractivity contribution >= 4 is 11.8 Å². The quantitative estimate of drug-likeness (QED) is 0.443. The first-order valence-electron chi connectivity index (χ1n) is 6.24. The molecule has 0 aromatic rings. The van der Waals surface area contributed by atoms with Gasteiger partial charge in [-0.2, -0.15) is 0 Å². The molecular formula is C13H22N2O4. The number of nitrogens with zero attached hydrogens (tertiary/aromatic N) is 2. The van der Waals surface area contributed by atoms with Crippen LogP contribution < -0.4 is 0 Å². The number of hydroxylamine groups is 4. The van der Waals surface area contributed by atoms with Gasteiger partial charge in [-0.3, -0.25) is 19.3 Å². The van der Waals surface area contributed by atoms with Crippen molar-refractivity contribution in [1.82, 2.24) is 10.1 Å². The van der Waals surface area contributed by atoms with Gasteiger partial charge in [-0.1, -0.05) is 13.2 Å². The van der Waals surface area contributed by atoms with Gasteiger partial charge in [0.15, 0.2) is 0 Å². The Kier molecular flexibility index (Phi) is 9.38. The predicted octanol–water partition coefficient (Wildman–Crippen LogP) is 1.31. The lowest BCUT2D eigenvalue weighted by atomic mass is 10.4. The molecule has 19 heavy (non-hydrogen) atoms. The van der Waals surface area contributed by atoms with Gasteiger partial charge >= 0.3 is 0 Å². The Morgan fingerprint density at radius 1 is 0.947 bits per heavy atom. The second kappa shape index (κ2) is 10.3. The zero-order valence-electron chi connectivity index (χ0n) is 11.6. The van der Waals surface area contributed by atoms with E-state index in [1.807, 2.05) is 0 Å². The van der Waals surface area contributed by atoms with Crippen LogP contribution in [0.25, 0.3) is 0 Å². The van der Waals surface area contributed by atoms with E-state index in [-0.39, 0.29) is 11.8 Å². The third kappa shape index (κ3) is 6.73. The van der Waals surface area contributed by atoms with Crippen LogP contribution in [0.4, 0.5) is 0 Å². The molecule has 0 aromatic carbocycles. The maximum Gasteiger partial charge on any atom is 0.269 e. The fourth-order valence-electron chi connectivity index (χ4n) is 1.35. The highest BCUT2D eigenvalue weighted by Gasteiger charge is 2.13. The summed E-state index contributed by atoms with van der Waals surface area (Å²) in [5, 5.41) is 2.44. The maximum absolute atomic E-state index is 11.4. The van der Waals surface area contributed by atoms with Gasteiger partial charge in [0, 0.05) is 0 Å². The van der Waals surface area contributed by atoms with Gasteiger partial charge in [-0.25, -0.2) is 10.1 Å². The summed E-state index contributed by atoms with van der Waals surface area (Å²) in [5.74, 6) is -0.611. The Morgan fingerprint density at radius 2 is 1.32 bits per heavy atom. The number of carbonyl (C=O) groups is 2. The molecule has 0 aliphatic rings. The third-order valence-corrected chi connectivity index (χ3v) is 2.13. The van der Waals surface area contributed by atoms with Crippen LogP contribution in [0.2, 0.25) is 0 Å². The molecular weight excluding hydrogens is 248 g/mol. The summed E-state index contributed by atoms with van der Waals surface area (Å²) in [7, 11) is 0. The summed E-state index contributed by atoms with van der Waals surface area (Å²) in [4.78, 5) is 33.2. The first-order valence-corrected chi connectivity index (χ1v) is 6.24. The van der Waals surface area contributed by atoms with Gasteiger partial charge in [0.2, 0.25) is 0 Å². The highest BCUT2D eigenvalue weighted by molar-refractivity contribution is 5.86. The normalized spacial score (nSPS) is 9.79. The average molecular weight is 270 g/mol. The zero-order valence-corrected chi connectivity index (χ0v) is 11.6. The van der Waals surface area contributed by atoms with E-state index in [4.69, 9.17) is 9.68 Å². The summed E-state index contributed by atoms with van der Waals surface area (Å²) in [6.45, 7) is 11.9. The molecule has 0 aromatic heterocycles. The van der Waals surface area contributed by atoms with Crippen LogP contribution in [0, 0.1) is 0 Å². The first kappa shape index (κ1) is 17.3. The van der Waals surface area contributed by atoms with Crippen LogP contribution in [0.15, 0.2) is 25.3 Å². The number of carbonyl (C=O) groups excluding carboxylic acids is 2. The van der Waals surface area contributed by atoms with E-state index in [0.717, 1.165) is 0 Å². The number of rotatable bonds is 10. The van der Waals surface area contributed by atoms with Crippen LogP contribution in [0.1, 0.15) is 20.3 Å². The largest absolute Gasteiger partial charge is 0.271 e. The van der Waals surface area contributed by atoms with Gasteiger partial charge in [0.25, 0.3) is 11.8 Å². The molecule has 0 N–H and O–H groups in total. The molecule has 0 rings (SSSR count). The molecule has 2 amide bonds. The van der Waals surface area contributed by atoms with Crippen molar-refractivity contribution in [1.29, 1.82) is 0 Å². The molecule has 0 radical (unpaired) electrons. The first-order chi connectivity index (χ1) is 9.10. The summed E-state index contributed by atoms with van der Waals surface area (Å²) in [6, 6.07) is 0. The minimum absolute atomic E-state index is 0.306. The van der Waals surface area contributed by atoms with Crippen LogP contribution in [-0.2, 0) is 19.3 Å². The van der Waals surface area contributed by atoms with Gasteiger partial charge in [-0.15, -0.1) is 0 Å². The Morgan fingerprint density at radius 3 is 1.58 bits per heavy atom. The van der Waals surface area contributed by atoms with Crippen LogP contribution in [0.3, 0.4) is 0 Å². The fourth-order valence-corrected chi connectivity index (χ4v) is 1.35. The predicted molar refractivity (Wildman–Crippen MR) is 71.7 cm³/mol. The molecule has 0 atom stereocenters. The lowest BCUT2D eigenvalue weighted by Crippen LogP contribution is -2.35. The number of amides is 2. The van der Waals surface area contributed by atoms with Crippen molar-refractivity contribution in [2.75, 3.05) is 26.3 Å². The monoisotopic (exact) mass is 270 g/mol. The summed E-state index contributed by atoms with van der Waals surface area (Å²) >= 11 is 0. The highest BCUT2D eigenvalue weighted by Crippen LogP contribution is 2.00. The van der Waals surface area contributed by atoms with Gasteiger partial charge in [0.05, 0.1) is 26.3 Å².